The molecule has 1 aliphatic carbocycles. The molecule has 0 radical (unpaired) electrons. The molecule has 0 bridgehead atoms. The Morgan fingerprint density at radius 1 is 0.446 bits per heavy atom. The summed E-state index contributed by atoms with van der Waals surface area (Å²) in [5, 5.41) is 4.32. The van der Waals surface area contributed by atoms with Crippen molar-refractivity contribution in [3.63, 3.8) is 0 Å². The number of nitrogens with zero attached hydrogens (tertiary/aromatic N) is 6. The van der Waals surface area contributed by atoms with Crippen LogP contribution in [-0.4, -0.2) is 19.1 Å². The molecule has 5 heterocycles. The molecule has 6 nitrogen and oxygen atoms in total. The van der Waals surface area contributed by atoms with Crippen molar-refractivity contribution >= 4 is 66.7 Å². The topological polar surface area (TPSA) is 44.4 Å². The number of para-hydroxylation sites is 2. The number of benzene rings is 6. The molecule has 0 fully saturated rings. The summed E-state index contributed by atoms with van der Waals surface area (Å²) in [4.78, 5) is 19.9. The minimum atomic E-state index is -0.721. The summed E-state index contributed by atoms with van der Waals surface area (Å²) in [5.74, 6) is 0. The first-order valence-corrected chi connectivity index (χ1v) is 19.2. The van der Waals surface area contributed by atoms with Crippen molar-refractivity contribution in [2.75, 3.05) is 0 Å². The number of rotatable bonds is 2. The maximum Gasteiger partial charge on any atom is 0.188 e. The molecule has 0 saturated carbocycles. The lowest BCUT2D eigenvalue weighted by Gasteiger charge is -2.40. The third-order valence-electron chi connectivity index (χ3n) is 11.7. The molecular formula is C49H26N6S. The molecule has 0 unspecified atom stereocenters. The van der Waals surface area contributed by atoms with Crippen LogP contribution in [0.1, 0.15) is 22.3 Å². The van der Waals surface area contributed by atoms with Crippen molar-refractivity contribution in [2.45, 2.75) is 15.2 Å². The van der Waals surface area contributed by atoms with Gasteiger partial charge in [0.05, 0.1) is 63.4 Å². The van der Waals surface area contributed by atoms with Gasteiger partial charge >= 0.3 is 0 Å². The van der Waals surface area contributed by atoms with Crippen LogP contribution >= 0.6 is 11.8 Å². The average Bonchev–Trinajstić information content (AvgIpc) is 3.87. The molecule has 258 valence electrons. The van der Waals surface area contributed by atoms with Gasteiger partial charge in [-0.25, -0.2) is 9.69 Å². The highest BCUT2D eigenvalue weighted by molar-refractivity contribution is 7.99. The van der Waals surface area contributed by atoms with Gasteiger partial charge in [-0.3, -0.25) is 9.97 Å². The summed E-state index contributed by atoms with van der Waals surface area (Å²) in [7, 11) is 0. The quantitative estimate of drug-likeness (QED) is 0.166. The molecular weight excluding hydrogens is 705 g/mol. The molecule has 0 N–H and O–H groups in total. The molecule has 0 saturated heterocycles. The normalized spacial score (nSPS) is 13.4. The molecule has 2 aliphatic rings. The van der Waals surface area contributed by atoms with E-state index in [0.717, 1.165) is 76.5 Å². The Morgan fingerprint density at radius 2 is 0.893 bits per heavy atom. The van der Waals surface area contributed by atoms with E-state index in [4.69, 9.17) is 23.1 Å². The summed E-state index contributed by atoms with van der Waals surface area (Å²) in [6.45, 7) is 15.6. The van der Waals surface area contributed by atoms with Crippen molar-refractivity contribution in [1.82, 2.24) is 19.1 Å². The summed E-state index contributed by atoms with van der Waals surface area (Å²) in [5.41, 5.74) is 13.2. The van der Waals surface area contributed by atoms with Gasteiger partial charge in [-0.15, -0.1) is 0 Å². The van der Waals surface area contributed by atoms with Crippen LogP contribution in [-0.2, 0) is 5.41 Å². The second-order valence-electron chi connectivity index (χ2n) is 14.3. The summed E-state index contributed by atoms with van der Waals surface area (Å²) >= 11 is 1.81. The van der Waals surface area contributed by atoms with Crippen LogP contribution in [0.25, 0.3) is 76.1 Å². The second-order valence-corrected chi connectivity index (χ2v) is 15.3. The maximum atomic E-state index is 7.82. The van der Waals surface area contributed by atoms with Gasteiger partial charge in [0.15, 0.2) is 11.4 Å². The fourth-order valence-electron chi connectivity index (χ4n) is 9.55. The van der Waals surface area contributed by atoms with Crippen LogP contribution in [0.3, 0.4) is 0 Å². The van der Waals surface area contributed by atoms with E-state index in [9.17, 15) is 0 Å². The molecule has 12 rings (SSSR count). The summed E-state index contributed by atoms with van der Waals surface area (Å²) < 4.78 is 4.75. The predicted molar refractivity (Wildman–Crippen MR) is 225 cm³/mol. The van der Waals surface area contributed by atoms with E-state index >= 15 is 0 Å². The highest BCUT2D eigenvalue weighted by atomic mass is 32.2. The third kappa shape index (κ3) is 3.84. The van der Waals surface area contributed by atoms with E-state index in [1.165, 1.54) is 21.9 Å². The average molecular weight is 731 g/mol. The van der Waals surface area contributed by atoms with Crippen LogP contribution in [0.2, 0.25) is 0 Å². The second kappa shape index (κ2) is 11.3. The molecule has 1 spiro atoms. The fourth-order valence-corrected chi connectivity index (χ4v) is 10.9. The third-order valence-corrected chi connectivity index (χ3v) is 13.0. The Labute approximate surface area is 325 Å². The number of fused-ring (bicyclic) bond motifs is 15. The van der Waals surface area contributed by atoms with Gasteiger partial charge < -0.3 is 9.13 Å². The van der Waals surface area contributed by atoms with Crippen molar-refractivity contribution in [2.24, 2.45) is 0 Å². The Bertz CT molecular complexity index is 3280. The monoisotopic (exact) mass is 730 g/mol. The largest absolute Gasteiger partial charge is 0.308 e. The molecule has 7 heteroatoms. The lowest BCUT2D eigenvalue weighted by atomic mass is 9.67. The zero-order chi connectivity index (χ0) is 37.1. The lowest BCUT2D eigenvalue weighted by molar-refractivity contribution is 0.714. The number of hydrogen-bond donors (Lipinski definition) is 0. The predicted octanol–water partition coefficient (Wildman–Crippen LogP) is 12.6. The van der Waals surface area contributed by atoms with Gasteiger partial charge in [-0.05, 0) is 93.7 Å². The fraction of sp³-hybridized carbons (Fsp3) is 0.0204. The van der Waals surface area contributed by atoms with Crippen LogP contribution in [0.4, 0.5) is 11.4 Å². The van der Waals surface area contributed by atoms with Crippen molar-refractivity contribution in [3.05, 3.63) is 203 Å². The minimum absolute atomic E-state index is 0.567. The molecule has 4 aromatic heterocycles. The van der Waals surface area contributed by atoms with Gasteiger partial charge in [0.25, 0.3) is 0 Å². The van der Waals surface area contributed by atoms with Crippen LogP contribution < -0.4 is 0 Å². The first kappa shape index (κ1) is 31.0. The smallest absolute Gasteiger partial charge is 0.188 e. The van der Waals surface area contributed by atoms with E-state index in [2.05, 4.69) is 116 Å². The van der Waals surface area contributed by atoms with Crippen molar-refractivity contribution < 1.29 is 0 Å². The van der Waals surface area contributed by atoms with Gasteiger partial charge in [-0.1, -0.05) is 96.7 Å². The molecule has 56 heavy (non-hydrogen) atoms. The zero-order valence-corrected chi connectivity index (χ0v) is 30.4. The summed E-state index contributed by atoms with van der Waals surface area (Å²) in [6.07, 6.45) is 3.74. The molecule has 0 atom stereocenters. The van der Waals surface area contributed by atoms with E-state index in [1.54, 1.807) is 0 Å². The van der Waals surface area contributed by atoms with Crippen molar-refractivity contribution in [1.29, 1.82) is 0 Å². The molecule has 0 amide bonds. The Morgan fingerprint density at radius 3 is 1.38 bits per heavy atom. The van der Waals surface area contributed by atoms with E-state index in [0.29, 0.717) is 11.4 Å². The molecule has 6 aromatic carbocycles. The standard InChI is InChI=1S/C49H26N6S/c1-50-29-21-23-41-33(27-29)34-28-30(51-2)22-24-42(34)55(41)44-20-8-14-38-48(44)56-47-37(49(38)35-15-9-25-52-45(35)46-36(49)16-10-26-53-46)13-7-19-43(47)54-39-17-5-3-11-31(39)32-12-4-6-18-40(32)54/h3-28H. The molecule has 10 aromatic rings. The number of aromatic nitrogens is 4. The van der Waals surface area contributed by atoms with E-state index in [-0.39, 0.29) is 0 Å². The first-order valence-electron chi connectivity index (χ1n) is 18.4. The summed E-state index contributed by atoms with van der Waals surface area (Å²) in [6, 6.07) is 51.1. The van der Waals surface area contributed by atoms with Gasteiger partial charge in [-0.2, -0.15) is 0 Å². The Kier molecular flexibility index (Phi) is 6.24. The maximum absolute atomic E-state index is 7.82. The van der Waals surface area contributed by atoms with Crippen LogP contribution in [0, 0.1) is 13.1 Å². The number of hydrogen-bond acceptors (Lipinski definition) is 3. The lowest BCUT2D eigenvalue weighted by Crippen LogP contribution is -2.33. The van der Waals surface area contributed by atoms with Gasteiger partial charge in [0, 0.05) is 33.0 Å². The van der Waals surface area contributed by atoms with Crippen molar-refractivity contribution in [3.8, 4) is 22.8 Å². The van der Waals surface area contributed by atoms with Crippen LogP contribution in [0.5, 0.6) is 0 Å². The van der Waals surface area contributed by atoms with E-state index < -0.39 is 5.41 Å². The van der Waals surface area contributed by atoms with E-state index in [1.807, 2.05) is 72.7 Å². The highest BCUT2D eigenvalue weighted by Crippen LogP contribution is 2.63. The minimum Gasteiger partial charge on any atom is -0.308 e. The van der Waals surface area contributed by atoms with Gasteiger partial charge in [0.1, 0.15) is 0 Å². The first-order chi connectivity index (χ1) is 27.7. The molecule has 1 aliphatic heterocycles. The Hall–Kier alpha value is -7.45. The zero-order valence-electron chi connectivity index (χ0n) is 29.6. The highest BCUT2D eigenvalue weighted by Gasteiger charge is 2.52. The Balaban J connectivity index is 1.25. The number of pyridine rings is 2. The SMILES string of the molecule is [C-]#[N+]c1ccc2c(c1)c1cc([N+]#[C-])ccc1n2-c1cccc2c1Sc1c(-n3c4ccccc4c4ccccc43)cccc1C21c2cccnc2-c2ncccc21. The van der Waals surface area contributed by atoms with Crippen LogP contribution in [0.15, 0.2) is 168 Å². The van der Waals surface area contributed by atoms with Gasteiger partial charge in [0.2, 0.25) is 0 Å².